The topological polar surface area (TPSA) is 69.6 Å². The van der Waals surface area contributed by atoms with E-state index in [0.717, 1.165) is 22.3 Å². The molecule has 6 heteroatoms. The number of amides is 1. The number of hydrogen-bond acceptors (Lipinski definition) is 4. The summed E-state index contributed by atoms with van der Waals surface area (Å²) in [5, 5.41) is 4.41. The fraction of sp³-hybridized carbons (Fsp3) is 0.259. The average Bonchev–Trinajstić information content (AvgIpc) is 2.84. The van der Waals surface area contributed by atoms with Gasteiger partial charge in [0.1, 0.15) is 19.8 Å². The molecule has 0 spiro atoms. The van der Waals surface area contributed by atoms with Crippen LogP contribution in [-0.2, 0) is 11.3 Å². The summed E-state index contributed by atoms with van der Waals surface area (Å²) < 4.78 is 13.3. The van der Waals surface area contributed by atoms with Crippen LogP contribution in [0.25, 0.3) is 21.8 Å². The molecule has 2 heterocycles. The number of pyridine rings is 1. The number of hydrogen-bond donors (Lipinski definition) is 1. The second kappa shape index (κ2) is 8.62. The van der Waals surface area contributed by atoms with Crippen LogP contribution >= 0.6 is 0 Å². The normalized spacial score (nSPS) is 13.9. The molecule has 6 nitrogen and oxygen atoms in total. The van der Waals surface area contributed by atoms with Crippen LogP contribution in [-0.4, -0.2) is 23.7 Å². The highest BCUT2D eigenvalue weighted by Gasteiger charge is 2.22. The quantitative estimate of drug-likeness (QED) is 0.464. The van der Waals surface area contributed by atoms with E-state index >= 15 is 0 Å². The second-order valence-electron chi connectivity index (χ2n) is 8.64. The zero-order valence-electron chi connectivity index (χ0n) is 18.7. The molecule has 0 saturated heterocycles. The molecule has 1 aromatic heterocycles. The summed E-state index contributed by atoms with van der Waals surface area (Å²) in [7, 11) is 0. The van der Waals surface area contributed by atoms with Crippen molar-refractivity contribution < 1.29 is 14.3 Å². The van der Waals surface area contributed by atoms with Gasteiger partial charge in [0.15, 0.2) is 16.9 Å². The number of para-hydroxylation sites is 2. The predicted molar refractivity (Wildman–Crippen MR) is 129 cm³/mol. The van der Waals surface area contributed by atoms with E-state index in [1.165, 1.54) is 0 Å². The van der Waals surface area contributed by atoms with Crippen molar-refractivity contribution in [2.75, 3.05) is 13.2 Å². The van der Waals surface area contributed by atoms with Crippen molar-refractivity contribution in [3.63, 3.8) is 0 Å². The number of carbonyl (C=O) groups is 1. The molecular weight excluding hydrogens is 416 g/mol. The zero-order valence-corrected chi connectivity index (χ0v) is 18.7. The highest BCUT2D eigenvalue weighted by molar-refractivity contribution is 5.94. The van der Waals surface area contributed by atoms with Gasteiger partial charge in [-0.05, 0) is 47.9 Å². The first-order chi connectivity index (χ1) is 16.0. The van der Waals surface area contributed by atoms with Gasteiger partial charge >= 0.3 is 0 Å². The van der Waals surface area contributed by atoms with E-state index in [9.17, 15) is 9.59 Å². The summed E-state index contributed by atoms with van der Waals surface area (Å²) in [5.41, 5.74) is 2.44. The van der Waals surface area contributed by atoms with E-state index in [0.29, 0.717) is 29.7 Å². The standard InChI is InChI=1S/C27H26N2O4/c1-17(2)26(18-11-12-23-24(15-18)33-14-13-32-23)28-25(30)16-29-21-9-5-3-7-19(21)27(31)20-8-4-6-10-22(20)29/h3-12,15,17,26H,13-14,16H2,1-2H3,(H,28,30)/t26-/m0/s1. The van der Waals surface area contributed by atoms with E-state index in [2.05, 4.69) is 19.2 Å². The molecule has 1 N–H and O–H groups in total. The average molecular weight is 443 g/mol. The summed E-state index contributed by atoms with van der Waals surface area (Å²) in [6, 6.07) is 20.5. The number of benzene rings is 3. The largest absolute Gasteiger partial charge is 0.486 e. The van der Waals surface area contributed by atoms with Crippen molar-refractivity contribution in [3.05, 3.63) is 82.5 Å². The molecule has 3 aromatic carbocycles. The van der Waals surface area contributed by atoms with Crippen LogP contribution in [0.1, 0.15) is 25.5 Å². The van der Waals surface area contributed by atoms with Crippen LogP contribution in [0.15, 0.2) is 71.5 Å². The van der Waals surface area contributed by atoms with Crippen LogP contribution in [0.4, 0.5) is 0 Å². The third kappa shape index (κ3) is 3.93. The lowest BCUT2D eigenvalue weighted by Crippen LogP contribution is -2.34. The van der Waals surface area contributed by atoms with Gasteiger partial charge in [-0.15, -0.1) is 0 Å². The Morgan fingerprint density at radius 2 is 1.52 bits per heavy atom. The predicted octanol–water partition coefficient (Wildman–Crippen LogP) is 4.44. The van der Waals surface area contributed by atoms with Gasteiger partial charge in [0.2, 0.25) is 5.91 Å². The molecule has 0 aliphatic carbocycles. The first kappa shape index (κ1) is 21.1. The Hall–Kier alpha value is -3.80. The number of carbonyl (C=O) groups excluding carboxylic acids is 1. The Balaban J connectivity index is 1.49. The van der Waals surface area contributed by atoms with Gasteiger partial charge in [-0.25, -0.2) is 0 Å². The molecule has 1 aliphatic rings. The third-order valence-electron chi connectivity index (χ3n) is 6.09. The van der Waals surface area contributed by atoms with E-state index in [1.807, 2.05) is 71.3 Å². The molecule has 5 rings (SSSR count). The fourth-order valence-electron chi connectivity index (χ4n) is 4.50. The summed E-state index contributed by atoms with van der Waals surface area (Å²) in [4.78, 5) is 26.3. The monoisotopic (exact) mass is 442 g/mol. The number of ether oxygens (including phenoxy) is 2. The number of aromatic nitrogens is 1. The highest BCUT2D eigenvalue weighted by atomic mass is 16.6. The minimum Gasteiger partial charge on any atom is -0.486 e. The van der Waals surface area contributed by atoms with Gasteiger partial charge < -0.3 is 19.4 Å². The van der Waals surface area contributed by atoms with Crippen molar-refractivity contribution >= 4 is 27.7 Å². The SMILES string of the molecule is CC(C)[C@H](NC(=O)Cn1c2ccccc2c(=O)c2ccccc21)c1ccc2c(c1)OCCO2. The second-order valence-corrected chi connectivity index (χ2v) is 8.64. The molecule has 4 aromatic rings. The Labute approximate surface area is 191 Å². The summed E-state index contributed by atoms with van der Waals surface area (Å²) >= 11 is 0. The smallest absolute Gasteiger partial charge is 0.240 e. The number of nitrogens with zero attached hydrogens (tertiary/aromatic N) is 1. The molecule has 1 amide bonds. The Bertz CT molecular complexity index is 1350. The molecule has 1 aliphatic heterocycles. The molecule has 1 atom stereocenters. The van der Waals surface area contributed by atoms with Gasteiger partial charge in [-0.1, -0.05) is 44.2 Å². The van der Waals surface area contributed by atoms with Crippen molar-refractivity contribution in [1.29, 1.82) is 0 Å². The molecule has 0 saturated carbocycles. The summed E-state index contributed by atoms with van der Waals surface area (Å²) in [5.74, 6) is 1.47. The lowest BCUT2D eigenvalue weighted by molar-refractivity contribution is -0.122. The van der Waals surface area contributed by atoms with E-state index < -0.39 is 0 Å². The fourth-order valence-corrected chi connectivity index (χ4v) is 4.50. The Kier molecular flexibility index (Phi) is 5.50. The number of rotatable bonds is 5. The van der Waals surface area contributed by atoms with Crippen LogP contribution in [0, 0.1) is 5.92 Å². The molecule has 0 bridgehead atoms. The van der Waals surface area contributed by atoms with Crippen molar-refractivity contribution in [3.8, 4) is 11.5 Å². The van der Waals surface area contributed by atoms with Gasteiger partial charge in [-0.2, -0.15) is 0 Å². The summed E-state index contributed by atoms with van der Waals surface area (Å²) in [6.45, 7) is 5.31. The van der Waals surface area contributed by atoms with Crippen molar-refractivity contribution in [1.82, 2.24) is 9.88 Å². The third-order valence-corrected chi connectivity index (χ3v) is 6.09. The highest BCUT2D eigenvalue weighted by Crippen LogP contribution is 2.34. The Morgan fingerprint density at radius 3 is 2.15 bits per heavy atom. The zero-order chi connectivity index (χ0) is 22.9. The van der Waals surface area contributed by atoms with Crippen molar-refractivity contribution in [2.24, 2.45) is 5.92 Å². The molecule has 0 radical (unpaired) electrons. The van der Waals surface area contributed by atoms with Gasteiger partial charge in [0.25, 0.3) is 0 Å². The van der Waals surface area contributed by atoms with Crippen molar-refractivity contribution in [2.45, 2.75) is 26.4 Å². The van der Waals surface area contributed by atoms with Gasteiger partial charge in [-0.3, -0.25) is 9.59 Å². The lowest BCUT2D eigenvalue weighted by atomic mass is 9.95. The molecule has 33 heavy (non-hydrogen) atoms. The Morgan fingerprint density at radius 1 is 0.909 bits per heavy atom. The maximum absolute atomic E-state index is 13.3. The summed E-state index contributed by atoms with van der Waals surface area (Å²) in [6.07, 6.45) is 0. The molecular formula is C27H26N2O4. The van der Waals surface area contributed by atoms with Crippen LogP contribution in [0.3, 0.4) is 0 Å². The molecule has 0 fully saturated rings. The van der Waals surface area contributed by atoms with E-state index in [-0.39, 0.29) is 29.8 Å². The maximum Gasteiger partial charge on any atom is 0.240 e. The van der Waals surface area contributed by atoms with E-state index in [1.54, 1.807) is 0 Å². The minimum atomic E-state index is -0.190. The van der Waals surface area contributed by atoms with Crippen LogP contribution < -0.4 is 20.2 Å². The number of nitrogens with one attached hydrogen (secondary N) is 1. The number of fused-ring (bicyclic) bond motifs is 3. The van der Waals surface area contributed by atoms with Gasteiger partial charge in [0, 0.05) is 10.8 Å². The lowest BCUT2D eigenvalue weighted by Gasteiger charge is -2.26. The molecule has 168 valence electrons. The first-order valence-corrected chi connectivity index (χ1v) is 11.2. The van der Waals surface area contributed by atoms with Crippen LogP contribution in [0.5, 0.6) is 11.5 Å². The molecule has 0 unspecified atom stereocenters. The van der Waals surface area contributed by atoms with Gasteiger partial charge in [0.05, 0.1) is 17.1 Å². The first-order valence-electron chi connectivity index (χ1n) is 11.2. The van der Waals surface area contributed by atoms with E-state index in [4.69, 9.17) is 9.47 Å². The maximum atomic E-state index is 13.3. The minimum absolute atomic E-state index is 0.0193. The van der Waals surface area contributed by atoms with Crippen LogP contribution in [0.2, 0.25) is 0 Å².